The molecule has 1 aromatic rings. The van der Waals surface area contributed by atoms with E-state index in [1.165, 1.54) is 0 Å². The summed E-state index contributed by atoms with van der Waals surface area (Å²) in [5.74, 6) is 0.863. The van der Waals surface area contributed by atoms with Crippen LogP contribution in [0.15, 0.2) is 18.2 Å². The van der Waals surface area contributed by atoms with Crippen molar-refractivity contribution in [3.63, 3.8) is 0 Å². The molecule has 4 heteroatoms. The number of nitrogens with zero attached hydrogens (tertiary/aromatic N) is 2. The molecule has 1 saturated heterocycles. The molecule has 4 nitrogen and oxygen atoms in total. The van der Waals surface area contributed by atoms with Crippen molar-refractivity contribution in [3.05, 3.63) is 29.3 Å². The van der Waals surface area contributed by atoms with Crippen molar-refractivity contribution in [2.75, 3.05) is 33.3 Å². The Balaban J connectivity index is 2.14. The first-order chi connectivity index (χ1) is 8.33. The fourth-order valence-corrected chi connectivity index (χ4v) is 2.08. The second-order valence-electron chi connectivity index (χ2n) is 4.16. The zero-order valence-corrected chi connectivity index (χ0v) is 10.1. The minimum atomic E-state index is 0.691. The minimum Gasteiger partial charge on any atom is -0.496 e. The van der Waals surface area contributed by atoms with E-state index >= 15 is 0 Å². The number of ether oxygens (including phenoxy) is 1. The molecule has 0 unspecified atom stereocenters. The molecular formula is C13H17N3O. The van der Waals surface area contributed by atoms with Crippen molar-refractivity contribution >= 4 is 0 Å². The average molecular weight is 231 g/mol. The maximum absolute atomic E-state index is 8.92. The van der Waals surface area contributed by atoms with Gasteiger partial charge in [0.2, 0.25) is 0 Å². The largest absolute Gasteiger partial charge is 0.496 e. The number of nitriles is 1. The summed E-state index contributed by atoms with van der Waals surface area (Å²) in [6, 6.07) is 7.75. The molecule has 1 heterocycles. The van der Waals surface area contributed by atoms with Gasteiger partial charge in [0, 0.05) is 38.3 Å². The van der Waals surface area contributed by atoms with E-state index < -0.39 is 0 Å². The molecule has 0 amide bonds. The lowest BCUT2D eigenvalue weighted by Crippen LogP contribution is -2.42. The first-order valence-corrected chi connectivity index (χ1v) is 5.83. The lowest BCUT2D eigenvalue weighted by Gasteiger charge is -2.27. The van der Waals surface area contributed by atoms with Crippen LogP contribution in [-0.4, -0.2) is 38.2 Å². The van der Waals surface area contributed by atoms with Crippen molar-refractivity contribution in [3.8, 4) is 11.8 Å². The molecule has 2 rings (SSSR count). The van der Waals surface area contributed by atoms with Crippen LogP contribution in [-0.2, 0) is 6.54 Å². The van der Waals surface area contributed by atoms with Gasteiger partial charge < -0.3 is 10.1 Å². The van der Waals surface area contributed by atoms with Gasteiger partial charge in [-0.1, -0.05) is 0 Å². The van der Waals surface area contributed by atoms with E-state index in [9.17, 15) is 0 Å². The molecule has 1 aliphatic heterocycles. The highest BCUT2D eigenvalue weighted by atomic mass is 16.5. The third kappa shape index (κ3) is 2.96. The molecule has 1 aromatic carbocycles. The van der Waals surface area contributed by atoms with Crippen LogP contribution in [0.2, 0.25) is 0 Å². The standard InChI is InChI=1S/C13H17N3O/c1-17-13-3-2-11(9-14)8-12(13)10-16-6-4-15-5-7-16/h2-3,8,15H,4-7,10H2,1H3. The van der Waals surface area contributed by atoms with Gasteiger partial charge in [-0.3, -0.25) is 4.90 Å². The summed E-state index contributed by atoms with van der Waals surface area (Å²) < 4.78 is 5.33. The van der Waals surface area contributed by atoms with E-state index in [0.29, 0.717) is 5.56 Å². The van der Waals surface area contributed by atoms with Crippen LogP contribution in [0.4, 0.5) is 0 Å². The highest BCUT2D eigenvalue weighted by Gasteiger charge is 2.13. The molecule has 0 radical (unpaired) electrons. The Morgan fingerprint density at radius 1 is 1.41 bits per heavy atom. The minimum absolute atomic E-state index is 0.691. The Morgan fingerprint density at radius 2 is 2.18 bits per heavy atom. The van der Waals surface area contributed by atoms with Crippen molar-refractivity contribution in [2.45, 2.75) is 6.54 Å². The lowest BCUT2D eigenvalue weighted by molar-refractivity contribution is 0.230. The van der Waals surface area contributed by atoms with E-state index in [4.69, 9.17) is 10.00 Å². The highest BCUT2D eigenvalue weighted by molar-refractivity contribution is 5.42. The maximum atomic E-state index is 8.92. The molecular weight excluding hydrogens is 214 g/mol. The van der Waals surface area contributed by atoms with E-state index in [-0.39, 0.29) is 0 Å². The Bertz CT molecular complexity index is 419. The molecule has 0 aromatic heterocycles. The number of rotatable bonds is 3. The molecule has 17 heavy (non-hydrogen) atoms. The second kappa shape index (κ2) is 5.67. The predicted molar refractivity (Wildman–Crippen MR) is 65.9 cm³/mol. The fourth-order valence-electron chi connectivity index (χ4n) is 2.08. The number of nitrogens with one attached hydrogen (secondary N) is 1. The number of hydrogen-bond donors (Lipinski definition) is 1. The summed E-state index contributed by atoms with van der Waals surface area (Å²) >= 11 is 0. The SMILES string of the molecule is COc1ccc(C#N)cc1CN1CCNCC1. The molecule has 0 atom stereocenters. The van der Waals surface area contributed by atoms with Crippen LogP contribution in [0.5, 0.6) is 5.75 Å². The van der Waals surface area contributed by atoms with Gasteiger partial charge in [0.25, 0.3) is 0 Å². The Morgan fingerprint density at radius 3 is 2.82 bits per heavy atom. The highest BCUT2D eigenvalue weighted by Crippen LogP contribution is 2.21. The molecule has 1 aliphatic rings. The van der Waals surface area contributed by atoms with E-state index in [0.717, 1.165) is 44.0 Å². The van der Waals surface area contributed by atoms with Crippen molar-refractivity contribution in [1.29, 1.82) is 5.26 Å². The second-order valence-corrected chi connectivity index (χ2v) is 4.16. The van der Waals surface area contributed by atoms with E-state index in [2.05, 4.69) is 16.3 Å². The predicted octanol–water partition coefficient (Wildman–Crippen LogP) is 0.972. The van der Waals surface area contributed by atoms with Crippen LogP contribution in [0, 0.1) is 11.3 Å². The van der Waals surface area contributed by atoms with Gasteiger partial charge in [-0.2, -0.15) is 5.26 Å². The monoisotopic (exact) mass is 231 g/mol. The Labute approximate surface area is 102 Å². The molecule has 1 N–H and O–H groups in total. The first kappa shape index (κ1) is 11.9. The lowest BCUT2D eigenvalue weighted by atomic mass is 10.1. The summed E-state index contributed by atoms with van der Waals surface area (Å²) in [5, 5.41) is 12.2. The zero-order chi connectivity index (χ0) is 12.1. The van der Waals surface area contributed by atoms with Gasteiger partial charge in [0.05, 0.1) is 18.7 Å². The normalized spacial score (nSPS) is 16.5. The Hall–Kier alpha value is -1.57. The van der Waals surface area contributed by atoms with Crippen LogP contribution in [0.25, 0.3) is 0 Å². The fraction of sp³-hybridized carbons (Fsp3) is 0.462. The van der Waals surface area contributed by atoms with Crippen LogP contribution in [0.1, 0.15) is 11.1 Å². The van der Waals surface area contributed by atoms with Gasteiger partial charge in [-0.15, -0.1) is 0 Å². The van der Waals surface area contributed by atoms with Crippen LogP contribution in [0.3, 0.4) is 0 Å². The number of methoxy groups -OCH3 is 1. The van der Waals surface area contributed by atoms with Gasteiger partial charge in [0.1, 0.15) is 5.75 Å². The smallest absolute Gasteiger partial charge is 0.123 e. The number of piperazine rings is 1. The van der Waals surface area contributed by atoms with E-state index in [1.54, 1.807) is 13.2 Å². The van der Waals surface area contributed by atoms with Gasteiger partial charge >= 0.3 is 0 Å². The summed E-state index contributed by atoms with van der Waals surface area (Å²) in [6.45, 7) is 4.99. The quantitative estimate of drug-likeness (QED) is 0.842. The number of hydrogen-bond acceptors (Lipinski definition) is 4. The third-order valence-corrected chi connectivity index (χ3v) is 3.01. The van der Waals surface area contributed by atoms with Crippen molar-refractivity contribution < 1.29 is 4.74 Å². The molecule has 0 bridgehead atoms. The van der Waals surface area contributed by atoms with E-state index in [1.807, 2.05) is 12.1 Å². The molecule has 1 fully saturated rings. The number of benzene rings is 1. The summed E-state index contributed by atoms with van der Waals surface area (Å²) in [7, 11) is 1.67. The molecule has 0 aliphatic carbocycles. The van der Waals surface area contributed by atoms with Gasteiger partial charge in [0.15, 0.2) is 0 Å². The summed E-state index contributed by atoms with van der Waals surface area (Å²) in [5.41, 5.74) is 1.78. The van der Waals surface area contributed by atoms with Crippen molar-refractivity contribution in [2.24, 2.45) is 0 Å². The molecule has 90 valence electrons. The van der Waals surface area contributed by atoms with Crippen LogP contribution >= 0.6 is 0 Å². The summed E-state index contributed by atoms with van der Waals surface area (Å²) in [6.07, 6.45) is 0. The topological polar surface area (TPSA) is 48.3 Å². The van der Waals surface area contributed by atoms with Gasteiger partial charge in [-0.05, 0) is 18.2 Å². The third-order valence-electron chi connectivity index (χ3n) is 3.01. The average Bonchev–Trinajstić information content (AvgIpc) is 2.40. The van der Waals surface area contributed by atoms with Crippen LogP contribution < -0.4 is 10.1 Å². The maximum Gasteiger partial charge on any atom is 0.123 e. The zero-order valence-electron chi connectivity index (χ0n) is 10.1. The Kier molecular flexibility index (Phi) is 3.97. The molecule has 0 saturated carbocycles. The van der Waals surface area contributed by atoms with Crippen molar-refractivity contribution in [1.82, 2.24) is 10.2 Å². The van der Waals surface area contributed by atoms with Gasteiger partial charge in [-0.25, -0.2) is 0 Å². The first-order valence-electron chi connectivity index (χ1n) is 5.83. The molecule has 0 spiro atoms. The summed E-state index contributed by atoms with van der Waals surface area (Å²) in [4.78, 5) is 2.37.